The smallest absolute Gasteiger partial charge is 0.142 e. The second kappa shape index (κ2) is 6.95. The van der Waals surface area contributed by atoms with Gasteiger partial charge in [0.25, 0.3) is 0 Å². The summed E-state index contributed by atoms with van der Waals surface area (Å²) in [7, 11) is -1.62. The molecule has 2 aromatic carbocycles. The maximum Gasteiger partial charge on any atom is 0.142 e. The van der Waals surface area contributed by atoms with Gasteiger partial charge in [-0.15, -0.1) is 0 Å². The molecule has 1 unspecified atom stereocenters. The Morgan fingerprint density at radius 1 is 1.19 bits per heavy atom. The third kappa shape index (κ3) is 4.10. The summed E-state index contributed by atoms with van der Waals surface area (Å²) in [5, 5.41) is 8.75. The molecule has 0 heterocycles. The van der Waals surface area contributed by atoms with Crippen LogP contribution in [0.1, 0.15) is 5.56 Å². The van der Waals surface area contributed by atoms with Gasteiger partial charge < -0.3 is 4.74 Å². The van der Waals surface area contributed by atoms with Gasteiger partial charge in [0.1, 0.15) is 24.0 Å². The van der Waals surface area contributed by atoms with Gasteiger partial charge in [0, 0.05) is 6.07 Å². The highest BCUT2D eigenvalue weighted by Crippen LogP contribution is 2.15. The molecule has 1 atom stereocenters. The van der Waals surface area contributed by atoms with E-state index in [0.29, 0.717) is 17.4 Å². The molecule has 0 bridgehead atoms. The second-order valence-corrected chi connectivity index (χ2v) is 5.65. The molecule has 0 spiro atoms. The van der Waals surface area contributed by atoms with Gasteiger partial charge in [-0.1, -0.05) is 6.07 Å². The van der Waals surface area contributed by atoms with Gasteiger partial charge in [-0.25, -0.2) is 8.78 Å². The van der Waals surface area contributed by atoms with E-state index in [4.69, 9.17) is 10.00 Å². The highest BCUT2D eigenvalue weighted by molar-refractivity contribution is 7.85. The van der Waals surface area contributed by atoms with E-state index >= 15 is 0 Å². The minimum absolute atomic E-state index is 0.0502. The summed E-state index contributed by atoms with van der Waals surface area (Å²) in [6.07, 6.45) is 0. The summed E-state index contributed by atoms with van der Waals surface area (Å²) in [4.78, 5) is -0.0502. The lowest BCUT2D eigenvalue weighted by atomic mass is 10.2. The third-order valence-corrected chi connectivity index (χ3v) is 4.00. The lowest BCUT2D eigenvalue weighted by Gasteiger charge is -2.07. The summed E-state index contributed by atoms with van der Waals surface area (Å²) in [5.74, 6) is -0.998. The molecule has 0 amide bonds. The minimum Gasteiger partial charge on any atom is -0.493 e. The Bertz CT molecular complexity index is 713. The standard InChI is InChI=1S/C15H11F2NO2S/c16-12-4-5-15(14(17)9-12)21(19)7-6-20-13-3-1-2-11(8-13)10-18/h1-5,8-9H,6-7H2. The number of nitrogens with zero attached hydrogens (tertiary/aromatic N) is 1. The van der Waals surface area contributed by atoms with Crippen molar-refractivity contribution in [1.29, 1.82) is 5.26 Å². The summed E-state index contributed by atoms with van der Waals surface area (Å²) in [6, 6.07) is 11.4. The molecule has 0 fully saturated rings. The first-order valence-electron chi connectivity index (χ1n) is 6.06. The van der Waals surface area contributed by atoms with Crippen LogP contribution >= 0.6 is 0 Å². The van der Waals surface area contributed by atoms with E-state index < -0.39 is 22.4 Å². The monoisotopic (exact) mass is 307 g/mol. The summed E-state index contributed by atoms with van der Waals surface area (Å²) < 4.78 is 43.5. The van der Waals surface area contributed by atoms with Crippen molar-refractivity contribution in [2.24, 2.45) is 0 Å². The minimum atomic E-state index is -1.62. The molecule has 2 rings (SSSR count). The zero-order valence-corrected chi connectivity index (χ0v) is 11.7. The van der Waals surface area contributed by atoms with Crippen molar-refractivity contribution in [2.75, 3.05) is 12.4 Å². The molecule has 0 radical (unpaired) electrons. The Morgan fingerprint density at radius 3 is 2.71 bits per heavy atom. The van der Waals surface area contributed by atoms with E-state index in [1.807, 2.05) is 6.07 Å². The Morgan fingerprint density at radius 2 is 2.00 bits per heavy atom. The fourth-order valence-corrected chi connectivity index (χ4v) is 2.61. The molecule has 108 valence electrons. The predicted octanol–water partition coefficient (Wildman–Crippen LogP) is 3.02. The van der Waals surface area contributed by atoms with Crippen molar-refractivity contribution in [3.8, 4) is 11.8 Å². The van der Waals surface area contributed by atoms with Crippen LogP contribution < -0.4 is 4.74 Å². The SMILES string of the molecule is N#Cc1cccc(OCCS(=O)c2ccc(F)cc2F)c1. The average molecular weight is 307 g/mol. The van der Waals surface area contributed by atoms with Crippen molar-refractivity contribution < 1.29 is 17.7 Å². The Labute approximate surface area is 123 Å². The van der Waals surface area contributed by atoms with Crippen LogP contribution in [-0.2, 0) is 10.8 Å². The predicted molar refractivity (Wildman–Crippen MR) is 74.3 cm³/mol. The van der Waals surface area contributed by atoms with Crippen molar-refractivity contribution in [3.63, 3.8) is 0 Å². The molecule has 0 aliphatic rings. The van der Waals surface area contributed by atoms with Gasteiger partial charge in [0.15, 0.2) is 0 Å². The molecule has 0 saturated heterocycles. The fourth-order valence-electron chi connectivity index (χ4n) is 1.66. The maximum absolute atomic E-state index is 13.4. The van der Waals surface area contributed by atoms with E-state index in [1.54, 1.807) is 24.3 Å². The van der Waals surface area contributed by atoms with Crippen LogP contribution in [0.3, 0.4) is 0 Å². The van der Waals surface area contributed by atoms with Gasteiger partial charge in [-0.05, 0) is 30.3 Å². The molecule has 0 saturated carbocycles. The number of halogens is 2. The number of nitriles is 1. The highest BCUT2D eigenvalue weighted by Gasteiger charge is 2.11. The van der Waals surface area contributed by atoms with Crippen molar-refractivity contribution in [2.45, 2.75) is 4.90 Å². The van der Waals surface area contributed by atoms with E-state index in [9.17, 15) is 13.0 Å². The number of hydrogen-bond donors (Lipinski definition) is 0. The molecule has 2 aromatic rings. The number of benzene rings is 2. The molecule has 21 heavy (non-hydrogen) atoms. The van der Waals surface area contributed by atoms with Gasteiger partial charge in [0.2, 0.25) is 0 Å². The number of rotatable bonds is 5. The lowest BCUT2D eigenvalue weighted by Crippen LogP contribution is -2.10. The van der Waals surface area contributed by atoms with Gasteiger partial charge in [-0.3, -0.25) is 4.21 Å². The third-order valence-electron chi connectivity index (χ3n) is 2.64. The summed E-state index contributed by atoms with van der Waals surface area (Å²) in [6.45, 7) is 0.0955. The van der Waals surface area contributed by atoms with Crippen LogP contribution in [0.2, 0.25) is 0 Å². The fraction of sp³-hybridized carbons (Fsp3) is 0.133. The van der Waals surface area contributed by atoms with Crippen LogP contribution in [0.25, 0.3) is 0 Å². The zero-order chi connectivity index (χ0) is 15.2. The first-order valence-corrected chi connectivity index (χ1v) is 7.38. The first-order chi connectivity index (χ1) is 10.1. The van der Waals surface area contributed by atoms with Crippen LogP contribution in [0.4, 0.5) is 8.78 Å². The van der Waals surface area contributed by atoms with Crippen LogP contribution in [0.15, 0.2) is 47.4 Å². The quantitative estimate of drug-likeness (QED) is 0.853. The van der Waals surface area contributed by atoms with Crippen molar-refractivity contribution >= 4 is 10.8 Å². The first kappa shape index (κ1) is 15.1. The van der Waals surface area contributed by atoms with E-state index in [1.165, 1.54) is 0 Å². The molecule has 6 heteroatoms. The Kier molecular flexibility index (Phi) is 5.01. The van der Waals surface area contributed by atoms with Crippen molar-refractivity contribution in [3.05, 3.63) is 59.7 Å². The van der Waals surface area contributed by atoms with Gasteiger partial charge >= 0.3 is 0 Å². The Balaban J connectivity index is 1.94. The van der Waals surface area contributed by atoms with Gasteiger partial charge in [-0.2, -0.15) is 5.26 Å². The topological polar surface area (TPSA) is 50.1 Å². The largest absolute Gasteiger partial charge is 0.493 e. The Hall–Kier alpha value is -2.26. The van der Waals surface area contributed by atoms with Crippen LogP contribution in [0.5, 0.6) is 5.75 Å². The van der Waals surface area contributed by atoms with E-state index in [2.05, 4.69) is 0 Å². The van der Waals surface area contributed by atoms with Gasteiger partial charge in [0.05, 0.1) is 33.1 Å². The normalized spacial score (nSPS) is 11.7. The van der Waals surface area contributed by atoms with Crippen LogP contribution in [0, 0.1) is 23.0 Å². The molecule has 0 aliphatic carbocycles. The van der Waals surface area contributed by atoms with E-state index in [-0.39, 0.29) is 17.3 Å². The second-order valence-electron chi connectivity index (χ2n) is 4.11. The highest BCUT2D eigenvalue weighted by atomic mass is 32.2. The summed E-state index contributed by atoms with van der Waals surface area (Å²) in [5.41, 5.74) is 0.457. The van der Waals surface area contributed by atoms with Crippen molar-refractivity contribution in [1.82, 2.24) is 0 Å². The maximum atomic E-state index is 13.4. The number of hydrogen-bond acceptors (Lipinski definition) is 3. The number of ether oxygens (including phenoxy) is 1. The average Bonchev–Trinajstić information content (AvgIpc) is 2.47. The molecule has 0 aliphatic heterocycles. The molecule has 0 N–H and O–H groups in total. The van der Waals surface area contributed by atoms with E-state index in [0.717, 1.165) is 12.1 Å². The molecular weight excluding hydrogens is 296 g/mol. The van der Waals surface area contributed by atoms with Crippen LogP contribution in [-0.4, -0.2) is 16.6 Å². The molecule has 3 nitrogen and oxygen atoms in total. The molecule has 0 aromatic heterocycles. The zero-order valence-electron chi connectivity index (χ0n) is 10.9. The lowest BCUT2D eigenvalue weighted by molar-refractivity contribution is 0.342. The molecular formula is C15H11F2NO2S. The summed E-state index contributed by atoms with van der Waals surface area (Å²) >= 11 is 0.